The van der Waals surface area contributed by atoms with Crippen molar-refractivity contribution >= 4 is 21.6 Å². The summed E-state index contributed by atoms with van der Waals surface area (Å²) in [7, 11) is 2.13. The normalized spacial score (nSPS) is 28.9. The summed E-state index contributed by atoms with van der Waals surface area (Å²) in [6.07, 6.45) is 2.35. The van der Waals surface area contributed by atoms with Gasteiger partial charge in [0.15, 0.2) is 0 Å². The van der Waals surface area contributed by atoms with Crippen LogP contribution in [0.4, 0.5) is 0 Å². The molecule has 0 saturated carbocycles. The molecule has 3 rings (SSSR count). The van der Waals surface area contributed by atoms with Crippen molar-refractivity contribution in [3.63, 3.8) is 0 Å². The van der Waals surface area contributed by atoms with Crippen molar-refractivity contribution in [2.24, 2.45) is 0 Å². The number of hydrogen-bond donors (Lipinski definition) is 1. The minimum atomic E-state index is -0.584. The molecule has 2 unspecified atom stereocenters. The lowest BCUT2D eigenvalue weighted by atomic mass is 9.85. The highest BCUT2D eigenvalue weighted by molar-refractivity contribution is 7.18. The average molecular weight is 276 g/mol. The van der Waals surface area contributed by atoms with Crippen molar-refractivity contribution in [1.82, 2.24) is 9.88 Å². The number of para-hydroxylation sites is 1. The van der Waals surface area contributed by atoms with Crippen LogP contribution in [0.2, 0.25) is 0 Å². The highest BCUT2D eigenvalue weighted by Gasteiger charge is 2.35. The van der Waals surface area contributed by atoms with Gasteiger partial charge < -0.3 is 10.0 Å². The second kappa shape index (κ2) is 4.85. The fourth-order valence-electron chi connectivity index (χ4n) is 2.85. The summed E-state index contributed by atoms with van der Waals surface area (Å²) in [5.74, 6) is 0. The molecule has 1 fully saturated rings. The molecule has 0 bridgehead atoms. The highest BCUT2D eigenvalue weighted by atomic mass is 32.1. The number of rotatable bonds is 2. The Kier molecular flexibility index (Phi) is 3.33. The van der Waals surface area contributed by atoms with Crippen LogP contribution in [0.1, 0.15) is 24.8 Å². The van der Waals surface area contributed by atoms with E-state index in [1.54, 1.807) is 11.3 Å². The Bertz CT molecular complexity index is 549. The summed E-state index contributed by atoms with van der Waals surface area (Å²) < 4.78 is 1.21. The number of benzene rings is 1. The van der Waals surface area contributed by atoms with Crippen LogP contribution in [0.5, 0.6) is 0 Å². The third kappa shape index (κ3) is 2.66. The topological polar surface area (TPSA) is 36.4 Å². The number of likely N-dealkylation sites (tertiary alicyclic amines) is 1. The summed E-state index contributed by atoms with van der Waals surface area (Å²) in [6, 6.07) is 8.62. The first-order valence-corrected chi connectivity index (χ1v) is 7.64. The molecule has 0 amide bonds. The Hall–Kier alpha value is -0.970. The quantitative estimate of drug-likeness (QED) is 0.916. The van der Waals surface area contributed by atoms with E-state index in [4.69, 9.17) is 0 Å². The lowest BCUT2D eigenvalue weighted by Crippen LogP contribution is -2.48. The van der Waals surface area contributed by atoms with E-state index in [2.05, 4.69) is 29.9 Å². The van der Waals surface area contributed by atoms with Gasteiger partial charge in [-0.05, 0) is 38.9 Å². The van der Waals surface area contributed by atoms with Crippen molar-refractivity contribution in [2.75, 3.05) is 13.6 Å². The molecule has 0 spiro atoms. The summed E-state index contributed by atoms with van der Waals surface area (Å²) >= 11 is 1.71. The molecule has 1 N–H and O–H groups in total. The Morgan fingerprint density at radius 1 is 1.47 bits per heavy atom. The molecular formula is C15H20N2OS. The SMILES string of the molecule is CC1CC(O)(Cc2nc3ccccc3s2)CCN1C. The molecule has 4 heteroatoms. The van der Waals surface area contributed by atoms with Gasteiger partial charge in [0.05, 0.1) is 20.8 Å². The smallest absolute Gasteiger partial charge is 0.0967 e. The predicted molar refractivity (Wildman–Crippen MR) is 79.6 cm³/mol. The van der Waals surface area contributed by atoms with Crippen molar-refractivity contribution in [2.45, 2.75) is 37.8 Å². The molecule has 0 aliphatic carbocycles. The van der Waals surface area contributed by atoms with Crippen molar-refractivity contribution in [1.29, 1.82) is 0 Å². The number of thiazole rings is 1. The molecule has 2 heterocycles. The molecular weight excluding hydrogens is 256 g/mol. The minimum Gasteiger partial charge on any atom is -0.389 e. The first-order valence-electron chi connectivity index (χ1n) is 6.83. The van der Waals surface area contributed by atoms with Crippen LogP contribution < -0.4 is 0 Å². The highest BCUT2D eigenvalue weighted by Crippen LogP contribution is 2.32. The maximum Gasteiger partial charge on any atom is 0.0967 e. The second-order valence-electron chi connectivity index (χ2n) is 5.76. The molecule has 1 aliphatic heterocycles. The lowest BCUT2D eigenvalue weighted by molar-refractivity contribution is -0.0353. The molecule has 1 aliphatic rings. The third-order valence-electron chi connectivity index (χ3n) is 4.18. The maximum atomic E-state index is 10.8. The van der Waals surface area contributed by atoms with Crippen LogP contribution in [-0.4, -0.2) is 40.2 Å². The van der Waals surface area contributed by atoms with Crippen LogP contribution in [0.3, 0.4) is 0 Å². The molecule has 1 aromatic carbocycles. The van der Waals surface area contributed by atoms with Gasteiger partial charge in [0.2, 0.25) is 0 Å². The zero-order chi connectivity index (χ0) is 13.5. The minimum absolute atomic E-state index is 0.438. The maximum absolute atomic E-state index is 10.8. The van der Waals surface area contributed by atoms with Crippen molar-refractivity contribution in [3.8, 4) is 0 Å². The number of hydrogen-bond acceptors (Lipinski definition) is 4. The lowest BCUT2D eigenvalue weighted by Gasteiger charge is -2.40. The number of aromatic nitrogens is 1. The zero-order valence-electron chi connectivity index (χ0n) is 11.5. The number of nitrogens with zero attached hydrogens (tertiary/aromatic N) is 2. The Morgan fingerprint density at radius 2 is 2.26 bits per heavy atom. The Labute approximate surface area is 117 Å². The molecule has 102 valence electrons. The third-order valence-corrected chi connectivity index (χ3v) is 5.21. The van der Waals surface area contributed by atoms with Gasteiger partial charge in [-0.3, -0.25) is 0 Å². The van der Waals surface area contributed by atoms with Gasteiger partial charge in [-0.2, -0.15) is 0 Å². The van der Waals surface area contributed by atoms with Gasteiger partial charge in [0.25, 0.3) is 0 Å². The molecule has 3 nitrogen and oxygen atoms in total. The van der Waals surface area contributed by atoms with Crippen LogP contribution in [-0.2, 0) is 6.42 Å². The van der Waals surface area contributed by atoms with E-state index in [9.17, 15) is 5.11 Å². The van der Waals surface area contributed by atoms with Gasteiger partial charge in [-0.25, -0.2) is 4.98 Å². The monoisotopic (exact) mass is 276 g/mol. The second-order valence-corrected chi connectivity index (χ2v) is 6.88. The predicted octanol–water partition coefficient (Wildman–Crippen LogP) is 2.68. The first kappa shape index (κ1) is 13.0. The van der Waals surface area contributed by atoms with E-state index in [1.807, 2.05) is 18.2 Å². The average Bonchev–Trinajstić information content (AvgIpc) is 2.76. The van der Waals surface area contributed by atoms with Crippen LogP contribution in [0.15, 0.2) is 24.3 Å². The molecule has 19 heavy (non-hydrogen) atoms. The van der Waals surface area contributed by atoms with E-state index < -0.39 is 5.60 Å². The number of fused-ring (bicyclic) bond motifs is 1. The molecule has 0 radical (unpaired) electrons. The van der Waals surface area contributed by atoms with Gasteiger partial charge >= 0.3 is 0 Å². The van der Waals surface area contributed by atoms with E-state index in [0.29, 0.717) is 12.5 Å². The van der Waals surface area contributed by atoms with E-state index in [1.165, 1.54) is 4.70 Å². The van der Waals surface area contributed by atoms with Gasteiger partial charge in [0.1, 0.15) is 0 Å². The van der Waals surface area contributed by atoms with Gasteiger partial charge in [0, 0.05) is 19.0 Å². The standard InChI is InChI=1S/C15H20N2OS/c1-11-9-15(18,7-8-17(11)2)10-14-16-12-5-3-4-6-13(12)19-14/h3-6,11,18H,7-10H2,1-2H3. The largest absolute Gasteiger partial charge is 0.389 e. The van der Waals surface area contributed by atoms with Crippen LogP contribution in [0, 0.1) is 0 Å². The van der Waals surface area contributed by atoms with E-state index >= 15 is 0 Å². The van der Waals surface area contributed by atoms with E-state index in [0.717, 1.165) is 29.9 Å². The molecule has 2 atom stereocenters. The fourth-order valence-corrected chi connectivity index (χ4v) is 3.95. The Balaban J connectivity index is 1.80. The number of aliphatic hydroxyl groups is 1. The molecule has 2 aromatic rings. The zero-order valence-corrected chi connectivity index (χ0v) is 12.3. The van der Waals surface area contributed by atoms with Crippen molar-refractivity contribution < 1.29 is 5.11 Å². The molecule has 1 aromatic heterocycles. The first-order chi connectivity index (χ1) is 9.06. The summed E-state index contributed by atoms with van der Waals surface area (Å²) in [4.78, 5) is 6.95. The van der Waals surface area contributed by atoms with Crippen LogP contribution >= 0.6 is 11.3 Å². The van der Waals surface area contributed by atoms with E-state index in [-0.39, 0.29) is 0 Å². The Morgan fingerprint density at radius 3 is 3.00 bits per heavy atom. The summed E-state index contributed by atoms with van der Waals surface area (Å²) in [5, 5.41) is 11.8. The summed E-state index contributed by atoms with van der Waals surface area (Å²) in [6.45, 7) is 3.14. The summed E-state index contributed by atoms with van der Waals surface area (Å²) in [5.41, 5.74) is 0.465. The van der Waals surface area contributed by atoms with Crippen LogP contribution in [0.25, 0.3) is 10.2 Å². The molecule has 1 saturated heterocycles. The number of piperidine rings is 1. The van der Waals surface area contributed by atoms with Gasteiger partial charge in [-0.1, -0.05) is 12.1 Å². The van der Waals surface area contributed by atoms with Crippen molar-refractivity contribution in [3.05, 3.63) is 29.3 Å². The fraction of sp³-hybridized carbons (Fsp3) is 0.533. The van der Waals surface area contributed by atoms with Gasteiger partial charge in [-0.15, -0.1) is 11.3 Å².